The van der Waals surface area contributed by atoms with Crippen LogP contribution in [0.4, 0.5) is 30.7 Å². The molecule has 9 heteroatoms. The zero-order valence-electron chi connectivity index (χ0n) is 10.5. The van der Waals surface area contributed by atoms with Crippen LogP contribution in [0.15, 0.2) is 36.4 Å². The number of para-hydroxylation sites is 1. The summed E-state index contributed by atoms with van der Waals surface area (Å²) in [7, 11) is 0. The molecule has 0 spiro atoms. The maximum Gasteiger partial charge on any atom is 0.573 e. The number of pyridine rings is 1. The zero-order valence-corrected chi connectivity index (χ0v) is 10.5. The van der Waals surface area contributed by atoms with E-state index in [9.17, 15) is 30.7 Å². The average molecular weight is 325 g/mol. The second-order valence-corrected chi connectivity index (χ2v) is 4.10. The lowest BCUT2D eigenvalue weighted by molar-refractivity contribution is -0.274. The molecule has 2 rings (SSSR count). The van der Waals surface area contributed by atoms with E-state index in [0.29, 0.717) is 6.07 Å². The molecule has 0 amide bonds. The molecule has 1 heterocycles. The topological polar surface area (TPSA) is 22.1 Å². The number of alkyl halides is 6. The van der Waals surface area contributed by atoms with Gasteiger partial charge >= 0.3 is 12.5 Å². The highest BCUT2D eigenvalue weighted by Crippen LogP contribution is 2.35. The summed E-state index contributed by atoms with van der Waals surface area (Å²) in [6, 6.07) is 5.13. The van der Waals surface area contributed by atoms with Crippen LogP contribution in [0.3, 0.4) is 0 Å². The summed E-state index contributed by atoms with van der Waals surface area (Å²) in [5.41, 5.74) is -2.58. The fourth-order valence-electron chi connectivity index (χ4n) is 1.67. The van der Waals surface area contributed by atoms with E-state index in [2.05, 4.69) is 9.72 Å². The summed E-state index contributed by atoms with van der Waals surface area (Å²) in [5.74, 6) is -2.06. The highest BCUT2D eigenvalue weighted by Gasteiger charge is 2.35. The van der Waals surface area contributed by atoms with E-state index < -0.39 is 41.1 Å². The normalized spacial score (nSPS) is 12.3. The smallest absolute Gasteiger partial charge is 0.405 e. The number of hydrogen-bond donors (Lipinski definition) is 0. The van der Waals surface area contributed by atoms with E-state index in [-0.39, 0.29) is 6.07 Å². The van der Waals surface area contributed by atoms with Gasteiger partial charge in [-0.3, -0.25) is 0 Å². The van der Waals surface area contributed by atoms with E-state index in [1.54, 1.807) is 0 Å². The van der Waals surface area contributed by atoms with Gasteiger partial charge in [-0.1, -0.05) is 12.1 Å². The van der Waals surface area contributed by atoms with Gasteiger partial charge in [0.15, 0.2) is 0 Å². The molecule has 1 aromatic heterocycles. The number of halogens is 7. The van der Waals surface area contributed by atoms with Crippen molar-refractivity contribution in [3.8, 4) is 17.0 Å². The number of nitrogens with zero attached hydrogens (tertiary/aromatic N) is 1. The zero-order chi connectivity index (χ0) is 16.5. The Labute approximate surface area is 119 Å². The number of hydrogen-bond acceptors (Lipinski definition) is 2. The van der Waals surface area contributed by atoms with Crippen molar-refractivity contribution in [3.05, 3.63) is 47.9 Å². The van der Waals surface area contributed by atoms with Gasteiger partial charge in [0.05, 0.1) is 5.69 Å². The maximum atomic E-state index is 13.3. The summed E-state index contributed by atoms with van der Waals surface area (Å²) in [5, 5.41) is 0. The van der Waals surface area contributed by atoms with Crippen LogP contribution >= 0.6 is 0 Å². The van der Waals surface area contributed by atoms with E-state index in [1.807, 2.05) is 0 Å². The maximum absolute atomic E-state index is 13.3. The van der Waals surface area contributed by atoms with Gasteiger partial charge in [0.25, 0.3) is 0 Å². The molecule has 0 radical (unpaired) electrons. The molecule has 0 unspecified atom stereocenters. The molecule has 2 nitrogen and oxygen atoms in total. The third kappa shape index (κ3) is 3.86. The third-order valence-corrected chi connectivity index (χ3v) is 2.47. The molecule has 22 heavy (non-hydrogen) atoms. The third-order valence-electron chi connectivity index (χ3n) is 2.47. The van der Waals surface area contributed by atoms with Crippen LogP contribution in [0.2, 0.25) is 0 Å². The second-order valence-electron chi connectivity index (χ2n) is 4.10. The van der Waals surface area contributed by atoms with E-state index in [0.717, 1.165) is 12.1 Å². The largest absolute Gasteiger partial charge is 0.573 e. The summed E-state index contributed by atoms with van der Waals surface area (Å²) in [4.78, 5) is 3.15. The fourth-order valence-corrected chi connectivity index (χ4v) is 1.67. The Morgan fingerprint density at radius 2 is 1.55 bits per heavy atom. The highest BCUT2D eigenvalue weighted by atomic mass is 19.4. The van der Waals surface area contributed by atoms with Crippen LogP contribution in [0.1, 0.15) is 5.69 Å². The van der Waals surface area contributed by atoms with Gasteiger partial charge in [-0.05, 0) is 12.1 Å². The Hall–Kier alpha value is -2.32. The number of aromatic nitrogens is 1. The Bertz CT molecular complexity index is 679. The molecule has 0 fully saturated rings. The molecular weight excluding hydrogens is 319 g/mol. The van der Waals surface area contributed by atoms with Crippen LogP contribution in [-0.2, 0) is 6.18 Å². The summed E-state index contributed by atoms with van der Waals surface area (Å²) in [6.07, 6.45) is -9.98. The quantitative estimate of drug-likeness (QED) is 0.740. The summed E-state index contributed by atoms with van der Waals surface area (Å²) < 4.78 is 91.7. The predicted molar refractivity (Wildman–Crippen MR) is 61.3 cm³/mol. The Morgan fingerprint density at radius 3 is 2.14 bits per heavy atom. The Balaban J connectivity index is 2.55. The van der Waals surface area contributed by atoms with Gasteiger partial charge < -0.3 is 4.74 Å². The van der Waals surface area contributed by atoms with Gasteiger partial charge in [0, 0.05) is 17.7 Å². The van der Waals surface area contributed by atoms with E-state index >= 15 is 0 Å². The molecule has 0 atom stereocenters. The molecule has 0 aliphatic carbocycles. The summed E-state index contributed by atoms with van der Waals surface area (Å²) >= 11 is 0. The highest BCUT2D eigenvalue weighted by molar-refractivity contribution is 5.67. The number of benzene rings is 1. The molecule has 0 bridgehead atoms. The molecule has 0 N–H and O–H groups in total. The molecule has 118 valence electrons. The van der Waals surface area contributed by atoms with Crippen molar-refractivity contribution in [2.45, 2.75) is 12.5 Å². The van der Waals surface area contributed by atoms with Crippen LogP contribution in [0.25, 0.3) is 11.3 Å². The monoisotopic (exact) mass is 325 g/mol. The van der Waals surface area contributed by atoms with Gasteiger partial charge in [-0.2, -0.15) is 13.2 Å². The number of ether oxygens (including phenoxy) is 1. The predicted octanol–water partition coefficient (Wildman–Crippen LogP) is 4.81. The molecule has 0 saturated carbocycles. The fraction of sp³-hybridized carbons (Fsp3) is 0.154. The molecule has 0 aliphatic heterocycles. The van der Waals surface area contributed by atoms with Crippen LogP contribution in [-0.4, -0.2) is 11.3 Å². The Morgan fingerprint density at radius 1 is 0.909 bits per heavy atom. The first-order valence-electron chi connectivity index (χ1n) is 5.66. The van der Waals surface area contributed by atoms with Crippen molar-refractivity contribution in [1.29, 1.82) is 0 Å². The van der Waals surface area contributed by atoms with Crippen LogP contribution < -0.4 is 4.74 Å². The molecule has 0 saturated heterocycles. The van der Waals surface area contributed by atoms with Gasteiger partial charge in [0.1, 0.15) is 17.3 Å². The molecular formula is C13H6F7NO. The van der Waals surface area contributed by atoms with Crippen molar-refractivity contribution in [1.82, 2.24) is 4.98 Å². The Kier molecular flexibility index (Phi) is 3.99. The van der Waals surface area contributed by atoms with Crippen molar-refractivity contribution in [2.75, 3.05) is 0 Å². The first kappa shape index (κ1) is 16.1. The van der Waals surface area contributed by atoms with Gasteiger partial charge in [-0.15, -0.1) is 13.2 Å². The lowest BCUT2D eigenvalue weighted by Crippen LogP contribution is -2.17. The first-order valence-corrected chi connectivity index (χ1v) is 5.66. The molecule has 2 aromatic rings. The minimum absolute atomic E-state index is 0.150. The van der Waals surface area contributed by atoms with Crippen molar-refractivity contribution < 1.29 is 35.5 Å². The van der Waals surface area contributed by atoms with Crippen molar-refractivity contribution >= 4 is 0 Å². The second kappa shape index (κ2) is 5.47. The number of rotatable bonds is 2. The van der Waals surface area contributed by atoms with Gasteiger partial charge in [0.2, 0.25) is 0 Å². The van der Waals surface area contributed by atoms with Gasteiger partial charge in [-0.25, -0.2) is 9.37 Å². The lowest BCUT2D eigenvalue weighted by atomic mass is 10.1. The minimum Gasteiger partial charge on any atom is -0.405 e. The summed E-state index contributed by atoms with van der Waals surface area (Å²) in [6.45, 7) is 0. The molecule has 1 aromatic carbocycles. The van der Waals surface area contributed by atoms with Crippen LogP contribution in [0, 0.1) is 5.82 Å². The van der Waals surface area contributed by atoms with E-state index in [4.69, 9.17) is 0 Å². The minimum atomic E-state index is -5.05. The SMILES string of the molecule is Fc1cc(-c2ccccc2OC(F)(F)F)nc(C(F)(F)F)c1. The van der Waals surface area contributed by atoms with Crippen molar-refractivity contribution in [2.24, 2.45) is 0 Å². The first-order chi connectivity index (χ1) is 10.1. The van der Waals surface area contributed by atoms with E-state index in [1.165, 1.54) is 12.1 Å². The van der Waals surface area contributed by atoms with Crippen molar-refractivity contribution in [3.63, 3.8) is 0 Å². The van der Waals surface area contributed by atoms with Crippen LogP contribution in [0.5, 0.6) is 5.75 Å². The standard InChI is InChI=1S/C13H6F7NO/c14-7-5-9(21-11(6-7)12(15,16)17)8-3-1-2-4-10(8)22-13(18,19)20/h1-6H. The lowest BCUT2D eigenvalue weighted by Gasteiger charge is -2.14. The average Bonchev–Trinajstić information content (AvgIpc) is 2.35. The molecule has 0 aliphatic rings.